The Bertz CT molecular complexity index is 620. The third kappa shape index (κ3) is 10.1. The lowest BCUT2D eigenvalue weighted by atomic mass is 10.2. The van der Waals surface area contributed by atoms with Crippen molar-refractivity contribution in [3.63, 3.8) is 0 Å². The van der Waals surface area contributed by atoms with E-state index >= 15 is 0 Å². The quantitative estimate of drug-likeness (QED) is 0.557. The van der Waals surface area contributed by atoms with Gasteiger partial charge in [-0.05, 0) is 69.9 Å². The first-order chi connectivity index (χ1) is 15.0. The molecule has 8 nitrogen and oxygen atoms in total. The topological polar surface area (TPSA) is 102 Å². The van der Waals surface area contributed by atoms with E-state index < -0.39 is 12.7 Å². The van der Waals surface area contributed by atoms with Gasteiger partial charge in [0.25, 0.3) is 5.91 Å². The molecule has 0 aliphatic carbocycles. The zero-order chi connectivity index (χ0) is 23.1. The molecule has 1 aromatic rings. The first kappa shape index (κ1) is 26.9. The van der Waals surface area contributed by atoms with Gasteiger partial charge in [0.15, 0.2) is 6.10 Å². The number of aliphatic hydroxyl groups excluding tert-OH is 2. The van der Waals surface area contributed by atoms with Crippen LogP contribution in [0.15, 0.2) is 24.3 Å². The van der Waals surface area contributed by atoms with Crippen molar-refractivity contribution in [2.24, 2.45) is 0 Å². The first-order valence-electron chi connectivity index (χ1n) is 11.1. The highest BCUT2D eigenvalue weighted by atomic mass is 16.5. The smallest absolute Gasteiger partial charge is 0.254 e. The maximum Gasteiger partial charge on any atom is 0.254 e. The van der Waals surface area contributed by atoms with Gasteiger partial charge in [0.1, 0.15) is 5.75 Å². The van der Waals surface area contributed by atoms with Crippen LogP contribution in [0.4, 0.5) is 0 Å². The summed E-state index contributed by atoms with van der Waals surface area (Å²) in [5.41, 5.74) is 1.06. The number of carbonyl (C=O) groups is 2. The average Bonchev–Trinajstić information content (AvgIpc) is 3.49. The molecule has 0 bridgehead atoms. The third-order valence-corrected chi connectivity index (χ3v) is 5.49. The number of likely N-dealkylation sites (tertiary alicyclic amines) is 2. The number of rotatable bonds is 7. The van der Waals surface area contributed by atoms with Crippen LogP contribution in [0.2, 0.25) is 0 Å². The molecule has 2 atom stereocenters. The summed E-state index contributed by atoms with van der Waals surface area (Å²) < 4.78 is 4.98. The van der Waals surface area contributed by atoms with Crippen molar-refractivity contribution in [3.8, 4) is 5.75 Å². The molecule has 2 heterocycles. The van der Waals surface area contributed by atoms with Crippen molar-refractivity contribution in [1.29, 1.82) is 0 Å². The molecule has 3 rings (SSSR count). The summed E-state index contributed by atoms with van der Waals surface area (Å²) in [4.78, 5) is 25.4. The van der Waals surface area contributed by atoms with Gasteiger partial charge >= 0.3 is 0 Å². The molecule has 0 saturated carbocycles. The maximum absolute atomic E-state index is 11.3. The highest BCUT2D eigenvalue weighted by Gasteiger charge is 2.28. The van der Waals surface area contributed by atoms with Crippen LogP contribution < -0.4 is 10.1 Å². The lowest BCUT2D eigenvalue weighted by Crippen LogP contribution is -2.42. The molecule has 0 aromatic heterocycles. The Balaban J connectivity index is 0.000000241. The molecule has 2 fully saturated rings. The van der Waals surface area contributed by atoms with Crippen LogP contribution in [0.1, 0.15) is 45.1 Å². The standard InChI is InChI=1S/C9H11NO2.C8H15NO3.C6H13N/c1-12-9-4-2-8(3-5-9)6-10-7-11;1-6-3-2-4-9(6)8(12)7(11)5-10;1-2-7-5-3-4-6-7/h2-5,7H,6H2,1H3,(H,10,11);6-7,10-11H,2-5H2,1H3;2-6H2,1H3/t;6-,7?;/m.1./s1. The van der Waals surface area contributed by atoms with Crippen molar-refractivity contribution in [3.05, 3.63) is 29.8 Å². The fraction of sp³-hybridized carbons (Fsp3) is 0.652. The largest absolute Gasteiger partial charge is 0.497 e. The molecule has 0 radical (unpaired) electrons. The van der Waals surface area contributed by atoms with Gasteiger partial charge in [-0.25, -0.2) is 0 Å². The number of aliphatic hydroxyl groups is 2. The van der Waals surface area contributed by atoms with Gasteiger partial charge in [0, 0.05) is 19.1 Å². The van der Waals surface area contributed by atoms with Crippen molar-refractivity contribution >= 4 is 12.3 Å². The lowest BCUT2D eigenvalue weighted by Gasteiger charge is -2.23. The number of nitrogens with one attached hydrogen (secondary N) is 1. The minimum Gasteiger partial charge on any atom is -0.497 e. The van der Waals surface area contributed by atoms with E-state index in [0.29, 0.717) is 19.5 Å². The summed E-state index contributed by atoms with van der Waals surface area (Å²) in [6.07, 6.45) is 4.28. The second kappa shape index (κ2) is 15.6. The number of ether oxygens (including phenoxy) is 1. The minimum absolute atomic E-state index is 0.207. The Labute approximate surface area is 186 Å². The van der Waals surface area contributed by atoms with Gasteiger partial charge in [-0.2, -0.15) is 0 Å². The monoisotopic (exact) mass is 437 g/mol. The Morgan fingerprint density at radius 1 is 1.23 bits per heavy atom. The number of hydrogen-bond acceptors (Lipinski definition) is 6. The van der Waals surface area contributed by atoms with E-state index in [2.05, 4.69) is 17.1 Å². The Kier molecular flexibility index (Phi) is 13.5. The number of amides is 2. The van der Waals surface area contributed by atoms with Crippen LogP contribution >= 0.6 is 0 Å². The zero-order valence-electron chi connectivity index (χ0n) is 19.1. The SMILES string of the molecule is CCN1CCCC1.COc1ccc(CNC=O)cc1.C[C@@H]1CCCN1C(=O)C(O)CO. The number of nitrogens with zero attached hydrogens (tertiary/aromatic N) is 2. The van der Waals surface area contributed by atoms with E-state index in [1.54, 1.807) is 12.0 Å². The van der Waals surface area contributed by atoms with Crippen LogP contribution in [-0.2, 0) is 16.1 Å². The molecular formula is C23H39N3O5. The third-order valence-electron chi connectivity index (χ3n) is 5.49. The minimum atomic E-state index is -1.23. The van der Waals surface area contributed by atoms with Crippen LogP contribution in [-0.4, -0.2) is 84.4 Å². The molecule has 8 heteroatoms. The summed E-state index contributed by atoms with van der Waals surface area (Å²) in [6.45, 7) is 8.90. The van der Waals surface area contributed by atoms with Crippen LogP contribution in [0.5, 0.6) is 5.75 Å². The fourth-order valence-electron chi connectivity index (χ4n) is 3.53. The van der Waals surface area contributed by atoms with Crippen molar-refractivity contribution in [2.75, 3.05) is 39.9 Å². The molecule has 2 aliphatic heterocycles. The lowest BCUT2D eigenvalue weighted by molar-refractivity contribution is -0.142. The number of methoxy groups -OCH3 is 1. The molecule has 176 valence electrons. The van der Waals surface area contributed by atoms with E-state index in [1.165, 1.54) is 32.5 Å². The fourth-order valence-corrected chi connectivity index (χ4v) is 3.53. The predicted octanol–water partition coefficient (Wildman–Crippen LogP) is 1.39. The highest BCUT2D eigenvalue weighted by molar-refractivity contribution is 5.81. The van der Waals surface area contributed by atoms with E-state index in [4.69, 9.17) is 14.9 Å². The van der Waals surface area contributed by atoms with Gasteiger partial charge < -0.3 is 30.1 Å². The van der Waals surface area contributed by atoms with Crippen molar-refractivity contribution in [2.45, 2.75) is 58.2 Å². The normalized spacial score (nSPS) is 18.9. The van der Waals surface area contributed by atoms with Gasteiger partial charge in [0.05, 0.1) is 13.7 Å². The molecule has 2 aliphatic rings. The molecule has 2 amide bonds. The summed E-state index contributed by atoms with van der Waals surface area (Å²) in [6, 6.07) is 7.76. The van der Waals surface area contributed by atoms with Gasteiger partial charge in [-0.15, -0.1) is 0 Å². The van der Waals surface area contributed by atoms with E-state index in [-0.39, 0.29) is 11.9 Å². The van der Waals surface area contributed by atoms with Crippen LogP contribution in [0.3, 0.4) is 0 Å². The second-order valence-electron chi connectivity index (χ2n) is 7.71. The molecule has 31 heavy (non-hydrogen) atoms. The first-order valence-corrected chi connectivity index (χ1v) is 11.1. The summed E-state index contributed by atoms with van der Waals surface area (Å²) in [5, 5.41) is 20.2. The van der Waals surface area contributed by atoms with E-state index in [0.717, 1.165) is 24.2 Å². The van der Waals surface area contributed by atoms with Crippen molar-refractivity contribution < 1.29 is 24.5 Å². The highest BCUT2D eigenvalue weighted by Crippen LogP contribution is 2.17. The summed E-state index contributed by atoms with van der Waals surface area (Å²) in [5.74, 6) is 0.479. The number of benzene rings is 1. The van der Waals surface area contributed by atoms with E-state index in [9.17, 15) is 9.59 Å². The van der Waals surface area contributed by atoms with Crippen molar-refractivity contribution in [1.82, 2.24) is 15.1 Å². The van der Waals surface area contributed by atoms with Gasteiger partial charge in [-0.3, -0.25) is 9.59 Å². The molecule has 3 N–H and O–H groups in total. The molecule has 1 aromatic carbocycles. The maximum atomic E-state index is 11.3. The van der Waals surface area contributed by atoms with Crippen LogP contribution in [0, 0.1) is 0 Å². The summed E-state index contributed by atoms with van der Waals surface area (Å²) in [7, 11) is 1.62. The number of hydrogen-bond donors (Lipinski definition) is 3. The summed E-state index contributed by atoms with van der Waals surface area (Å²) >= 11 is 0. The van der Waals surface area contributed by atoms with Gasteiger partial charge in [-0.1, -0.05) is 19.1 Å². The van der Waals surface area contributed by atoms with Gasteiger partial charge in [0.2, 0.25) is 6.41 Å². The predicted molar refractivity (Wildman–Crippen MR) is 121 cm³/mol. The Hall–Kier alpha value is -2.16. The molecule has 2 saturated heterocycles. The Morgan fingerprint density at radius 2 is 1.87 bits per heavy atom. The average molecular weight is 438 g/mol. The molecule has 1 unspecified atom stereocenters. The zero-order valence-corrected chi connectivity index (χ0v) is 19.1. The molecular weight excluding hydrogens is 398 g/mol. The molecule has 0 spiro atoms. The second-order valence-corrected chi connectivity index (χ2v) is 7.71. The number of carbonyl (C=O) groups excluding carboxylic acids is 2. The van der Waals surface area contributed by atoms with E-state index in [1.807, 2.05) is 31.2 Å². The Morgan fingerprint density at radius 3 is 2.29 bits per heavy atom. The van der Waals surface area contributed by atoms with Crippen LogP contribution in [0.25, 0.3) is 0 Å².